The minimum Gasteiger partial charge on any atom is -0.466 e. The molecule has 2 heterocycles. The molecule has 0 N–H and O–H groups in total. The highest BCUT2D eigenvalue weighted by atomic mass is 16.5. The van der Waals surface area contributed by atoms with Gasteiger partial charge in [0.1, 0.15) is 11.5 Å². The Morgan fingerprint density at radius 2 is 2.29 bits per heavy atom. The summed E-state index contributed by atoms with van der Waals surface area (Å²) in [7, 11) is 1.33. The van der Waals surface area contributed by atoms with Gasteiger partial charge < -0.3 is 9.15 Å². The number of pyridine rings is 1. The molecule has 0 aliphatic heterocycles. The maximum atomic E-state index is 10.9. The van der Waals surface area contributed by atoms with Crippen LogP contribution >= 0.6 is 0 Å². The molecule has 4 nitrogen and oxygen atoms in total. The van der Waals surface area contributed by atoms with E-state index in [1.54, 1.807) is 24.5 Å². The smallest absolute Gasteiger partial charge is 0.330 e. The van der Waals surface area contributed by atoms with Gasteiger partial charge in [0.15, 0.2) is 0 Å². The number of aromatic nitrogens is 1. The van der Waals surface area contributed by atoms with E-state index < -0.39 is 5.97 Å². The molecule has 2 aromatic rings. The fourth-order valence-electron chi connectivity index (χ4n) is 1.32. The molecule has 4 heteroatoms. The van der Waals surface area contributed by atoms with Crippen LogP contribution in [-0.4, -0.2) is 18.1 Å². The van der Waals surface area contributed by atoms with Gasteiger partial charge in [0.25, 0.3) is 0 Å². The molecule has 0 saturated carbocycles. The van der Waals surface area contributed by atoms with Crippen molar-refractivity contribution in [1.82, 2.24) is 4.98 Å². The second-order valence-electron chi connectivity index (χ2n) is 3.30. The highest BCUT2D eigenvalue weighted by Crippen LogP contribution is 2.21. The van der Waals surface area contributed by atoms with Gasteiger partial charge in [-0.05, 0) is 30.3 Å². The quantitative estimate of drug-likeness (QED) is 0.599. The van der Waals surface area contributed by atoms with E-state index in [4.69, 9.17) is 4.42 Å². The molecule has 0 aliphatic carbocycles. The Morgan fingerprint density at radius 1 is 1.41 bits per heavy atom. The first-order valence-corrected chi connectivity index (χ1v) is 5.06. The zero-order chi connectivity index (χ0) is 12.1. The Bertz CT molecular complexity index is 529. The highest BCUT2D eigenvalue weighted by Gasteiger charge is 2.02. The van der Waals surface area contributed by atoms with Crippen LogP contribution in [0.15, 0.2) is 47.2 Å². The molecule has 0 atom stereocenters. The molecular formula is C13H11NO3. The number of nitrogens with zero attached hydrogens (tertiary/aromatic N) is 1. The van der Waals surface area contributed by atoms with E-state index in [-0.39, 0.29) is 0 Å². The van der Waals surface area contributed by atoms with Gasteiger partial charge in [-0.2, -0.15) is 0 Å². The third-order valence-electron chi connectivity index (χ3n) is 2.16. The van der Waals surface area contributed by atoms with Crippen LogP contribution in [0.4, 0.5) is 0 Å². The molecule has 0 aliphatic rings. The van der Waals surface area contributed by atoms with Crippen LogP contribution in [0.5, 0.6) is 0 Å². The van der Waals surface area contributed by atoms with Gasteiger partial charge in [0.05, 0.1) is 7.11 Å². The summed E-state index contributed by atoms with van der Waals surface area (Å²) in [6.45, 7) is 0. The molecule has 0 unspecified atom stereocenters. The number of esters is 1. The average molecular weight is 229 g/mol. The molecule has 0 spiro atoms. The Kier molecular flexibility index (Phi) is 3.35. The van der Waals surface area contributed by atoms with Crippen LogP contribution in [0.2, 0.25) is 0 Å². The summed E-state index contributed by atoms with van der Waals surface area (Å²) in [5, 5.41) is 0. The first kappa shape index (κ1) is 11.1. The first-order chi connectivity index (χ1) is 8.29. The van der Waals surface area contributed by atoms with Crippen molar-refractivity contribution in [2.45, 2.75) is 0 Å². The Hall–Kier alpha value is -2.36. The highest BCUT2D eigenvalue weighted by molar-refractivity contribution is 5.86. The predicted octanol–water partition coefficient (Wildman–Crippen LogP) is 2.53. The summed E-state index contributed by atoms with van der Waals surface area (Å²) in [5.41, 5.74) is 0.894. The van der Waals surface area contributed by atoms with E-state index in [9.17, 15) is 4.79 Å². The van der Waals surface area contributed by atoms with Crippen molar-refractivity contribution >= 4 is 12.0 Å². The van der Waals surface area contributed by atoms with Crippen LogP contribution in [0.1, 0.15) is 5.76 Å². The van der Waals surface area contributed by atoms with Gasteiger partial charge in [0, 0.05) is 24.0 Å². The van der Waals surface area contributed by atoms with Crippen molar-refractivity contribution in [3.8, 4) is 11.3 Å². The fourth-order valence-corrected chi connectivity index (χ4v) is 1.32. The monoisotopic (exact) mass is 229 g/mol. The lowest BCUT2D eigenvalue weighted by Crippen LogP contribution is -1.92. The third-order valence-corrected chi connectivity index (χ3v) is 2.16. The summed E-state index contributed by atoms with van der Waals surface area (Å²) < 4.78 is 10.0. The van der Waals surface area contributed by atoms with E-state index in [0.29, 0.717) is 11.5 Å². The van der Waals surface area contributed by atoms with E-state index in [2.05, 4.69) is 9.72 Å². The van der Waals surface area contributed by atoms with Gasteiger partial charge in [-0.15, -0.1) is 0 Å². The molecular weight excluding hydrogens is 218 g/mol. The van der Waals surface area contributed by atoms with Crippen molar-refractivity contribution in [2.75, 3.05) is 7.11 Å². The zero-order valence-electron chi connectivity index (χ0n) is 9.29. The number of ether oxygens (including phenoxy) is 1. The van der Waals surface area contributed by atoms with Crippen molar-refractivity contribution in [3.63, 3.8) is 0 Å². The molecule has 0 amide bonds. The maximum Gasteiger partial charge on any atom is 0.330 e. The van der Waals surface area contributed by atoms with Crippen molar-refractivity contribution in [1.29, 1.82) is 0 Å². The van der Waals surface area contributed by atoms with Crippen molar-refractivity contribution < 1.29 is 13.9 Å². The fraction of sp³-hybridized carbons (Fsp3) is 0.0769. The van der Waals surface area contributed by atoms with Crippen LogP contribution < -0.4 is 0 Å². The van der Waals surface area contributed by atoms with Gasteiger partial charge in [-0.3, -0.25) is 4.98 Å². The largest absolute Gasteiger partial charge is 0.466 e. The lowest BCUT2D eigenvalue weighted by atomic mass is 10.2. The summed E-state index contributed by atoms with van der Waals surface area (Å²) in [6, 6.07) is 7.34. The second kappa shape index (κ2) is 5.12. The Labute approximate surface area is 98.5 Å². The number of methoxy groups -OCH3 is 1. The van der Waals surface area contributed by atoms with Crippen LogP contribution in [0.25, 0.3) is 17.4 Å². The third kappa shape index (κ3) is 2.81. The standard InChI is InChI=1S/C13H11NO3/c1-16-13(15)7-5-11-4-6-12(17-11)10-3-2-8-14-9-10/h2-9H,1H3/b7-5+. The number of rotatable bonds is 3. The maximum absolute atomic E-state index is 10.9. The number of carbonyl (C=O) groups excluding carboxylic acids is 1. The SMILES string of the molecule is COC(=O)/C=C/c1ccc(-c2cccnc2)o1. The molecule has 0 radical (unpaired) electrons. The lowest BCUT2D eigenvalue weighted by Gasteiger charge is -1.93. The second-order valence-corrected chi connectivity index (χ2v) is 3.30. The summed E-state index contributed by atoms with van der Waals surface area (Å²) in [6.07, 6.45) is 6.29. The van der Waals surface area contributed by atoms with Gasteiger partial charge in [0.2, 0.25) is 0 Å². The van der Waals surface area contributed by atoms with Gasteiger partial charge >= 0.3 is 5.97 Å². The van der Waals surface area contributed by atoms with Gasteiger partial charge in [-0.1, -0.05) is 0 Å². The number of furan rings is 1. The summed E-state index contributed by atoms with van der Waals surface area (Å²) >= 11 is 0. The molecule has 0 bridgehead atoms. The number of hydrogen-bond donors (Lipinski definition) is 0. The number of carbonyl (C=O) groups is 1. The topological polar surface area (TPSA) is 52.3 Å². The van der Waals surface area contributed by atoms with Gasteiger partial charge in [-0.25, -0.2) is 4.79 Å². The molecule has 0 saturated heterocycles. The van der Waals surface area contributed by atoms with Crippen LogP contribution in [0.3, 0.4) is 0 Å². The van der Waals surface area contributed by atoms with E-state index >= 15 is 0 Å². The van der Waals surface area contributed by atoms with Crippen LogP contribution in [0, 0.1) is 0 Å². The summed E-state index contributed by atoms with van der Waals surface area (Å²) in [5.74, 6) is 0.890. The molecule has 2 rings (SSSR count). The minimum absolute atomic E-state index is 0.413. The number of hydrogen-bond acceptors (Lipinski definition) is 4. The average Bonchev–Trinajstić information content (AvgIpc) is 2.86. The van der Waals surface area contributed by atoms with Crippen LogP contribution in [-0.2, 0) is 9.53 Å². The minimum atomic E-state index is -0.413. The molecule has 0 aromatic carbocycles. The zero-order valence-corrected chi connectivity index (χ0v) is 9.29. The van der Waals surface area contributed by atoms with E-state index in [0.717, 1.165) is 5.56 Å². The van der Waals surface area contributed by atoms with Crippen molar-refractivity contribution in [3.05, 3.63) is 48.5 Å². The molecule has 86 valence electrons. The summed E-state index contributed by atoms with van der Waals surface area (Å²) in [4.78, 5) is 14.9. The first-order valence-electron chi connectivity index (χ1n) is 5.06. The van der Waals surface area contributed by atoms with E-state index in [1.165, 1.54) is 13.2 Å². The van der Waals surface area contributed by atoms with Crippen molar-refractivity contribution in [2.24, 2.45) is 0 Å². The molecule has 17 heavy (non-hydrogen) atoms. The normalized spacial score (nSPS) is 10.6. The Morgan fingerprint density at radius 3 is 3.00 bits per heavy atom. The lowest BCUT2D eigenvalue weighted by molar-refractivity contribution is -0.134. The van der Waals surface area contributed by atoms with E-state index in [1.807, 2.05) is 18.2 Å². The Balaban J connectivity index is 2.17. The molecule has 2 aromatic heterocycles. The predicted molar refractivity (Wildman–Crippen MR) is 63.0 cm³/mol. The molecule has 0 fully saturated rings.